The van der Waals surface area contributed by atoms with Crippen LogP contribution in [0.4, 0.5) is 0 Å². The van der Waals surface area contributed by atoms with Crippen LogP contribution in [0.1, 0.15) is 16.8 Å². The van der Waals surface area contributed by atoms with Gasteiger partial charge in [-0.25, -0.2) is 0 Å². The molecule has 1 N–H and O–H groups in total. The molecule has 0 saturated carbocycles. The van der Waals surface area contributed by atoms with Crippen molar-refractivity contribution >= 4 is 16.7 Å². The number of Topliss-reactive ketones (excluding diaryl/α,β-unsaturated/α-hetero) is 1. The maximum Gasteiger partial charge on any atom is 0.178 e. The van der Waals surface area contributed by atoms with E-state index in [2.05, 4.69) is 9.88 Å². The number of hydrogen-bond donors (Lipinski definition) is 1. The van der Waals surface area contributed by atoms with Gasteiger partial charge in [-0.2, -0.15) is 0 Å². The van der Waals surface area contributed by atoms with Crippen LogP contribution in [0.5, 0.6) is 0 Å². The van der Waals surface area contributed by atoms with E-state index in [1.54, 1.807) is 7.11 Å². The molecule has 0 radical (unpaired) electrons. The highest BCUT2D eigenvalue weighted by Gasteiger charge is 2.24. The summed E-state index contributed by atoms with van der Waals surface area (Å²) < 4.78 is 5.19. The van der Waals surface area contributed by atoms with E-state index in [9.17, 15) is 4.79 Å². The predicted octanol–water partition coefficient (Wildman–Crippen LogP) is 2.32. The second-order valence-corrected chi connectivity index (χ2v) is 5.52. The highest BCUT2D eigenvalue weighted by atomic mass is 16.5. The molecule has 106 valence electrons. The minimum absolute atomic E-state index is 0.195. The maximum atomic E-state index is 12.4. The fourth-order valence-corrected chi connectivity index (χ4v) is 3.02. The lowest BCUT2D eigenvalue weighted by Crippen LogP contribution is -2.28. The van der Waals surface area contributed by atoms with Gasteiger partial charge in [0.05, 0.1) is 13.2 Å². The summed E-state index contributed by atoms with van der Waals surface area (Å²) in [5.41, 5.74) is 1.82. The number of fused-ring (bicyclic) bond motifs is 1. The van der Waals surface area contributed by atoms with Gasteiger partial charge in [-0.05, 0) is 24.9 Å². The van der Waals surface area contributed by atoms with Crippen LogP contribution < -0.4 is 0 Å². The summed E-state index contributed by atoms with van der Waals surface area (Å²) >= 11 is 0. The third-order valence-electron chi connectivity index (χ3n) is 4.03. The second kappa shape index (κ2) is 5.77. The van der Waals surface area contributed by atoms with E-state index in [0.717, 1.165) is 42.6 Å². The Balaban J connectivity index is 1.68. The normalized spacial score (nSPS) is 19.8. The number of carbonyl (C=O) groups excluding carboxylic acids is 1. The molecule has 3 rings (SSSR count). The second-order valence-electron chi connectivity index (χ2n) is 5.52. The van der Waals surface area contributed by atoms with Crippen molar-refractivity contribution in [2.75, 3.05) is 33.4 Å². The first-order chi connectivity index (χ1) is 9.78. The Hall–Kier alpha value is -1.65. The fraction of sp³-hybridized carbons (Fsp3) is 0.438. The van der Waals surface area contributed by atoms with E-state index in [-0.39, 0.29) is 5.78 Å². The molecule has 1 fully saturated rings. The molecule has 2 aromatic rings. The molecular weight excluding hydrogens is 252 g/mol. The first kappa shape index (κ1) is 13.3. The third-order valence-corrected chi connectivity index (χ3v) is 4.03. The Morgan fingerprint density at radius 3 is 3.15 bits per heavy atom. The molecule has 1 aliphatic rings. The van der Waals surface area contributed by atoms with Crippen molar-refractivity contribution in [1.29, 1.82) is 0 Å². The van der Waals surface area contributed by atoms with Crippen LogP contribution in [0.15, 0.2) is 30.5 Å². The van der Waals surface area contributed by atoms with Crippen molar-refractivity contribution in [2.45, 2.75) is 6.42 Å². The van der Waals surface area contributed by atoms with E-state index >= 15 is 0 Å². The SMILES string of the molecule is COCC1CCN(CC(=O)c2c[nH]c3ccccc23)C1. The number of methoxy groups -OCH3 is 1. The Bertz CT molecular complexity index is 605. The minimum atomic E-state index is 0.195. The van der Waals surface area contributed by atoms with Crippen LogP contribution >= 0.6 is 0 Å². The molecule has 4 heteroatoms. The van der Waals surface area contributed by atoms with Crippen molar-refractivity contribution in [3.63, 3.8) is 0 Å². The molecule has 1 aromatic heterocycles. The number of ketones is 1. The van der Waals surface area contributed by atoms with Crippen LogP contribution in [0, 0.1) is 5.92 Å². The largest absolute Gasteiger partial charge is 0.384 e. The molecule has 1 unspecified atom stereocenters. The van der Waals surface area contributed by atoms with Crippen LogP contribution in [-0.2, 0) is 4.74 Å². The predicted molar refractivity (Wildman–Crippen MR) is 79.1 cm³/mol. The fourth-order valence-electron chi connectivity index (χ4n) is 3.02. The van der Waals surface area contributed by atoms with Crippen molar-refractivity contribution in [3.05, 3.63) is 36.0 Å². The van der Waals surface area contributed by atoms with Gasteiger partial charge in [-0.3, -0.25) is 9.69 Å². The minimum Gasteiger partial charge on any atom is -0.384 e. The maximum absolute atomic E-state index is 12.4. The number of nitrogens with zero attached hydrogens (tertiary/aromatic N) is 1. The highest BCUT2D eigenvalue weighted by Crippen LogP contribution is 2.20. The molecule has 1 aliphatic heterocycles. The van der Waals surface area contributed by atoms with E-state index in [1.165, 1.54) is 0 Å². The molecule has 2 heterocycles. The molecule has 20 heavy (non-hydrogen) atoms. The quantitative estimate of drug-likeness (QED) is 0.850. The molecule has 0 bridgehead atoms. The van der Waals surface area contributed by atoms with Crippen LogP contribution in [0.3, 0.4) is 0 Å². The van der Waals surface area contributed by atoms with Gasteiger partial charge in [-0.15, -0.1) is 0 Å². The summed E-state index contributed by atoms with van der Waals surface area (Å²) in [7, 11) is 1.74. The number of aromatic amines is 1. The number of ether oxygens (including phenoxy) is 1. The number of benzene rings is 1. The first-order valence-electron chi connectivity index (χ1n) is 7.08. The van der Waals surface area contributed by atoms with Crippen molar-refractivity contribution in [2.24, 2.45) is 5.92 Å². The summed E-state index contributed by atoms with van der Waals surface area (Å²) in [4.78, 5) is 17.8. The number of nitrogens with one attached hydrogen (secondary N) is 1. The Labute approximate surface area is 118 Å². The first-order valence-corrected chi connectivity index (χ1v) is 7.08. The van der Waals surface area contributed by atoms with E-state index in [1.807, 2.05) is 30.5 Å². The number of likely N-dealkylation sites (tertiary alicyclic amines) is 1. The number of hydrogen-bond acceptors (Lipinski definition) is 3. The van der Waals surface area contributed by atoms with E-state index in [0.29, 0.717) is 12.5 Å². The Kier molecular flexibility index (Phi) is 3.85. The lowest BCUT2D eigenvalue weighted by Gasteiger charge is -2.14. The summed E-state index contributed by atoms with van der Waals surface area (Å²) in [6.07, 6.45) is 2.95. The number of aromatic nitrogens is 1. The van der Waals surface area contributed by atoms with Gasteiger partial charge in [-0.1, -0.05) is 18.2 Å². The smallest absolute Gasteiger partial charge is 0.178 e. The molecule has 0 aliphatic carbocycles. The molecular formula is C16H20N2O2. The molecule has 1 atom stereocenters. The van der Waals surface area contributed by atoms with Crippen LogP contribution in [0.25, 0.3) is 10.9 Å². The average Bonchev–Trinajstić information content (AvgIpc) is 3.06. The zero-order valence-corrected chi connectivity index (χ0v) is 11.8. The lowest BCUT2D eigenvalue weighted by molar-refractivity contribution is 0.0938. The number of carbonyl (C=O) groups is 1. The van der Waals surface area contributed by atoms with Crippen molar-refractivity contribution in [1.82, 2.24) is 9.88 Å². The summed E-state index contributed by atoms with van der Waals surface area (Å²) in [5, 5.41) is 1.02. The zero-order valence-electron chi connectivity index (χ0n) is 11.8. The standard InChI is InChI=1S/C16H20N2O2/c1-20-11-12-6-7-18(9-12)10-16(19)14-8-17-15-5-3-2-4-13(14)15/h2-5,8,12,17H,6-7,9-11H2,1H3. The monoisotopic (exact) mass is 272 g/mol. The highest BCUT2D eigenvalue weighted by molar-refractivity contribution is 6.08. The van der Waals surface area contributed by atoms with Gasteiger partial charge in [0.2, 0.25) is 0 Å². The lowest BCUT2D eigenvalue weighted by atomic mass is 10.1. The topological polar surface area (TPSA) is 45.3 Å². The van der Waals surface area contributed by atoms with Crippen LogP contribution in [0.2, 0.25) is 0 Å². The van der Waals surface area contributed by atoms with E-state index < -0.39 is 0 Å². The number of rotatable bonds is 5. The molecule has 1 aromatic carbocycles. The molecule has 1 saturated heterocycles. The van der Waals surface area contributed by atoms with Gasteiger partial charge in [0.25, 0.3) is 0 Å². The van der Waals surface area contributed by atoms with Gasteiger partial charge in [0.15, 0.2) is 5.78 Å². The summed E-state index contributed by atoms with van der Waals surface area (Å²) in [5.74, 6) is 0.760. The van der Waals surface area contributed by atoms with Gasteiger partial charge in [0.1, 0.15) is 0 Å². The zero-order chi connectivity index (χ0) is 13.9. The summed E-state index contributed by atoms with van der Waals surface area (Å²) in [6.45, 7) is 3.24. The van der Waals surface area contributed by atoms with E-state index in [4.69, 9.17) is 4.74 Å². The Morgan fingerprint density at radius 2 is 2.30 bits per heavy atom. The average molecular weight is 272 g/mol. The molecule has 0 amide bonds. The van der Waals surface area contributed by atoms with Gasteiger partial charge >= 0.3 is 0 Å². The number of para-hydroxylation sites is 1. The van der Waals surface area contributed by atoms with Gasteiger partial charge < -0.3 is 9.72 Å². The van der Waals surface area contributed by atoms with Crippen molar-refractivity contribution in [3.8, 4) is 0 Å². The Morgan fingerprint density at radius 1 is 1.45 bits per heavy atom. The summed E-state index contributed by atoms with van der Waals surface area (Å²) in [6, 6.07) is 7.94. The van der Waals surface area contributed by atoms with Crippen LogP contribution in [-0.4, -0.2) is 49.0 Å². The van der Waals surface area contributed by atoms with Crippen molar-refractivity contribution < 1.29 is 9.53 Å². The molecule has 0 spiro atoms. The number of H-pyrrole nitrogens is 1. The van der Waals surface area contributed by atoms with Gasteiger partial charge in [0, 0.05) is 36.3 Å². The molecule has 4 nitrogen and oxygen atoms in total. The third kappa shape index (κ3) is 2.62.